The van der Waals surface area contributed by atoms with Crippen molar-refractivity contribution in [2.24, 2.45) is 0 Å². The average molecular weight is 190 g/mol. The normalized spacial score (nSPS) is 30.6. The van der Waals surface area contributed by atoms with Crippen molar-refractivity contribution < 1.29 is 8.78 Å². The highest BCUT2D eigenvalue weighted by Gasteiger charge is 2.34. The molecule has 0 radical (unpaired) electrons. The fourth-order valence-corrected chi connectivity index (χ4v) is 2.82. The van der Waals surface area contributed by atoms with Gasteiger partial charge in [-0.15, -0.1) is 0 Å². The molecule has 1 aliphatic rings. The van der Waals surface area contributed by atoms with E-state index in [-0.39, 0.29) is 0 Å². The molecule has 3 heteroatoms. The molecule has 0 saturated heterocycles. The van der Waals surface area contributed by atoms with Gasteiger partial charge in [-0.25, -0.2) is 8.78 Å². The summed E-state index contributed by atoms with van der Waals surface area (Å²) in [6.07, 6.45) is 7.18. The Balaban J connectivity index is 2.69. The number of hydrogen-bond donors (Lipinski definition) is 0. The summed E-state index contributed by atoms with van der Waals surface area (Å²) in [6, 6.07) is 0. The molecular weight excluding hydrogens is 177 g/mol. The van der Waals surface area contributed by atoms with Crippen LogP contribution in [0.1, 0.15) is 13.3 Å². The van der Waals surface area contributed by atoms with Crippen LogP contribution in [0, 0.1) is 0 Å². The maximum absolute atomic E-state index is 13.9. The largest absolute Gasteiger partial charge is 0.246 e. The van der Waals surface area contributed by atoms with Crippen LogP contribution in [0.4, 0.5) is 8.78 Å². The highest BCUT2D eigenvalue weighted by molar-refractivity contribution is 7.59. The third-order valence-corrected chi connectivity index (χ3v) is 4.49. The van der Waals surface area contributed by atoms with E-state index < -0.39 is 19.7 Å². The molecule has 1 aliphatic carbocycles. The van der Waals surface area contributed by atoms with Gasteiger partial charge in [-0.3, -0.25) is 0 Å². The van der Waals surface area contributed by atoms with Gasteiger partial charge in [0.05, 0.1) is 0 Å². The first-order valence-electron chi connectivity index (χ1n) is 4.07. The standard InChI is InChI=1S/C9H13F2P/c1-2-12(8-10)9(11)6-4-3-5-7-9/h3-6H,2,7-8H2,1H3. The van der Waals surface area contributed by atoms with Crippen LogP contribution in [0.3, 0.4) is 0 Å². The first-order chi connectivity index (χ1) is 5.73. The zero-order valence-electron chi connectivity index (χ0n) is 7.13. The van der Waals surface area contributed by atoms with Gasteiger partial charge in [-0.2, -0.15) is 0 Å². The molecule has 0 aromatic carbocycles. The second-order valence-electron chi connectivity index (χ2n) is 2.79. The predicted octanol–water partition coefficient (Wildman–Crippen LogP) is 3.60. The molecule has 12 heavy (non-hydrogen) atoms. The lowest BCUT2D eigenvalue weighted by atomic mass is 10.1. The molecule has 0 aliphatic heterocycles. The minimum absolute atomic E-state index is 0.340. The van der Waals surface area contributed by atoms with Gasteiger partial charge in [0.2, 0.25) is 0 Å². The van der Waals surface area contributed by atoms with E-state index in [9.17, 15) is 8.78 Å². The van der Waals surface area contributed by atoms with Gasteiger partial charge in [0, 0.05) is 6.42 Å². The molecule has 0 fully saturated rings. The Labute approximate surface area is 73.1 Å². The molecular formula is C9H13F2P. The molecule has 0 nitrogen and oxygen atoms in total. The summed E-state index contributed by atoms with van der Waals surface area (Å²) in [5.74, 6) is 0. The summed E-state index contributed by atoms with van der Waals surface area (Å²) in [5, 5.41) is -1.38. The van der Waals surface area contributed by atoms with Crippen molar-refractivity contribution in [2.75, 3.05) is 12.6 Å². The molecule has 2 unspecified atom stereocenters. The van der Waals surface area contributed by atoms with Crippen molar-refractivity contribution in [2.45, 2.75) is 18.8 Å². The second kappa shape index (κ2) is 4.13. The van der Waals surface area contributed by atoms with E-state index in [1.807, 2.05) is 6.92 Å². The van der Waals surface area contributed by atoms with E-state index in [0.717, 1.165) is 0 Å². The Morgan fingerprint density at radius 1 is 1.50 bits per heavy atom. The SMILES string of the molecule is CCP(CF)C1(F)C=CC=CC1. The Hall–Kier alpha value is -0.230. The van der Waals surface area contributed by atoms with E-state index in [1.165, 1.54) is 6.08 Å². The van der Waals surface area contributed by atoms with Crippen molar-refractivity contribution in [3.05, 3.63) is 24.3 Å². The number of rotatable bonds is 3. The van der Waals surface area contributed by atoms with E-state index in [2.05, 4.69) is 0 Å². The molecule has 68 valence electrons. The number of halogens is 2. The van der Waals surface area contributed by atoms with Crippen LogP contribution in [0.5, 0.6) is 0 Å². The highest BCUT2D eigenvalue weighted by atomic mass is 31.1. The maximum atomic E-state index is 13.9. The predicted molar refractivity (Wildman–Crippen MR) is 50.2 cm³/mol. The molecule has 0 heterocycles. The molecule has 0 aromatic rings. The average Bonchev–Trinajstić information content (AvgIpc) is 2.07. The maximum Gasteiger partial charge on any atom is 0.153 e. The number of alkyl halides is 2. The van der Waals surface area contributed by atoms with Gasteiger partial charge in [-0.1, -0.05) is 25.2 Å². The van der Waals surface area contributed by atoms with Crippen LogP contribution < -0.4 is 0 Å². The number of hydrogen-bond acceptors (Lipinski definition) is 0. The van der Waals surface area contributed by atoms with Crippen molar-refractivity contribution in [1.29, 1.82) is 0 Å². The summed E-state index contributed by atoms with van der Waals surface area (Å²) in [6.45, 7) is 1.85. The molecule has 1 rings (SSSR count). The molecule has 0 aromatic heterocycles. The summed E-state index contributed by atoms with van der Waals surface area (Å²) in [5.41, 5.74) is 0. The molecule has 0 bridgehead atoms. The van der Waals surface area contributed by atoms with Gasteiger partial charge in [0.1, 0.15) is 6.42 Å². The summed E-state index contributed by atoms with van der Waals surface area (Å²) in [7, 11) is -1.13. The van der Waals surface area contributed by atoms with E-state index in [4.69, 9.17) is 0 Å². The lowest BCUT2D eigenvalue weighted by molar-refractivity contribution is 0.344. The van der Waals surface area contributed by atoms with Crippen LogP contribution in [0.25, 0.3) is 0 Å². The fourth-order valence-electron chi connectivity index (χ4n) is 1.26. The smallest absolute Gasteiger partial charge is 0.153 e. The minimum atomic E-state index is -1.38. The van der Waals surface area contributed by atoms with Crippen molar-refractivity contribution in [3.8, 4) is 0 Å². The molecule has 0 amide bonds. The van der Waals surface area contributed by atoms with E-state index in [0.29, 0.717) is 12.6 Å². The second-order valence-corrected chi connectivity index (χ2v) is 5.48. The van der Waals surface area contributed by atoms with Gasteiger partial charge in [0.25, 0.3) is 0 Å². The Bertz CT molecular complexity index is 197. The van der Waals surface area contributed by atoms with Gasteiger partial charge in [0.15, 0.2) is 5.41 Å². The quantitative estimate of drug-likeness (QED) is 0.596. The first kappa shape index (κ1) is 9.85. The Morgan fingerprint density at radius 3 is 2.67 bits per heavy atom. The molecule has 0 N–H and O–H groups in total. The van der Waals surface area contributed by atoms with Gasteiger partial charge >= 0.3 is 0 Å². The Kier molecular flexibility index (Phi) is 3.39. The minimum Gasteiger partial charge on any atom is -0.246 e. The summed E-state index contributed by atoms with van der Waals surface area (Å²) >= 11 is 0. The van der Waals surface area contributed by atoms with Gasteiger partial charge in [-0.05, 0) is 20.2 Å². The van der Waals surface area contributed by atoms with E-state index >= 15 is 0 Å². The molecule has 0 saturated carbocycles. The van der Waals surface area contributed by atoms with Crippen LogP contribution in [0.15, 0.2) is 24.3 Å². The number of allylic oxidation sites excluding steroid dienone is 4. The topological polar surface area (TPSA) is 0 Å². The van der Waals surface area contributed by atoms with Crippen molar-refractivity contribution in [3.63, 3.8) is 0 Å². The highest BCUT2D eigenvalue weighted by Crippen LogP contribution is 2.54. The van der Waals surface area contributed by atoms with E-state index in [1.54, 1.807) is 18.2 Å². The lowest BCUT2D eigenvalue weighted by Gasteiger charge is -2.29. The van der Waals surface area contributed by atoms with Crippen molar-refractivity contribution >= 4 is 7.92 Å². The zero-order chi connectivity index (χ0) is 9.03. The first-order valence-corrected chi connectivity index (χ1v) is 5.78. The van der Waals surface area contributed by atoms with Crippen LogP contribution in [0.2, 0.25) is 0 Å². The zero-order valence-corrected chi connectivity index (χ0v) is 8.03. The fraction of sp³-hybridized carbons (Fsp3) is 0.556. The molecule has 0 spiro atoms. The third kappa shape index (κ3) is 1.92. The monoisotopic (exact) mass is 190 g/mol. The molecule has 2 atom stereocenters. The van der Waals surface area contributed by atoms with Crippen LogP contribution >= 0.6 is 7.92 Å². The van der Waals surface area contributed by atoms with Crippen LogP contribution in [-0.4, -0.2) is 18.0 Å². The lowest BCUT2D eigenvalue weighted by Crippen LogP contribution is -2.19. The van der Waals surface area contributed by atoms with Crippen LogP contribution in [-0.2, 0) is 0 Å². The Morgan fingerprint density at radius 2 is 2.25 bits per heavy atom. The summed E-state index contributed by atoms with van der Waals surface area (Å²) < 4.78 is 26.3. The summed E-state index contributed by atoms with van der Waals surface area (Å²) in [4.78, 5) is 0. The van der Waals surface area contributed by atoms with Gasteiger partial charge < -0.3 is 0 Å². The third-order valence-electron chi connectivity index (χ3n) is 2.05. The van der Waals surface area contributed by atoms with Crippen molar-refractivity contribution in [1.82, 2.24) is 0 Å².